The summed E-state index contributed by atoms with van der Waals surface area (Å²) in [6.45, 7) is 7.07. The molecule has 1 rings (SSSR count). The molecule has 3 N–H and O–H groups in total. The quantitative estimate of drug-likeness (QED) is 0.585. The summed E-state index contributed by atoms with van der Waals surface area (Å²) in [5.74, 6) is -0.226. The summed E-state index contributed by atoms with van der Waals surface area (Å²) in [4.78, 5) is 35.7. The molecule has 0 aliphatic carbocycles. The number of quaternary nitrogens is 1. The number of likely N-dealkylation sites (N-methyl/N-ethyl adjacent to an activating group) is 2. The Kier molecular flexibility index (Phi) is 7.25. The SMILES string of the molecule is CCNC(=O)C[NH+](CC)CC(=O)Nc1ccc(C(C)=O)cc1. The van der Waals surface area contributed by atoms with E-state index in [2.05, 4.69) is 10.6 Å². The van der Waals surface area contributed by atoms with Crippen molar-refractivity contribution in [3.05, 3.63) is 29.8 Å². The van der Waals surface area contributed by atoms with Gasteiger partial charge in [0, 0.05) is 17.8 Å². The van der Waals surface area contributed by atoms with E-state index in [-0.39, 0.29) is 30.7 Å². The number of carbonyl (C=O) groups is 3. The fourth-order valence-electron chi connectivity index (χ4n) is 2.02. The Morgan fingerprint density at radius 2 is 1.59 bits per heavy atom. The maximum atomic E-state index is 12.0. The van der Waals surface area contributed by atoms with Crippen LogP contribution >= 0.6 is 0 Å². The minimum absolute atomic E-state index is 0.0126. The van der Waals surface area contributed by atoms with Crippen molar-refractivity contribution in [1.29, 1.82) is 0 Å². The second-order valence-corrected chi connectivity index (χ2v) is 5.09. The molecule has 1 atom stereocenters. The maximum Gasteiger partial charge on any atom is 0.279 e. The molecule has 0 aliphatic rings. The number of carbonyl (C=O) groups excluding carboxylic acids is 3. The number of amides is 2. The van der Waals surface area contributed by atoms with Gasteiger partial charge in [-0.05, 0) is 45.0 Å². The molecule has 6 heteroatoms. The average Bonchev–Trinajstić information content (AvgIpc) is 2.47. The number of Topliss-reactive ketones (excluding diaryl/α,β-unsaturated/α-hetero) is 1. The van der Waals surface area contributed by atoms with Gasteiger partial charge in [0.1, 0.15) is 0 Å². The number of benzene rings is 1. The van der Waals surface area contributed by atoms with Crippen LogP contribution < -0.4 is 15.5 Å². The molecular formula is C16H24N3O3+. The van der Waals surface area contributed by atoms with Gasteiger partial charge in [-0.1, -0.05) is 0 Å². The van der Waals surface area contributed by atoms with Gasteiger partial charge in [-0.3, -0.25) is 14.4 Å². The van der Waals surface area contributed by atoms with Gasteiger partial charge in [0.2, 0.25) is 0 Å². The molecule has 0 aliphatic heterocycles. The van der Waals surface area contributed by atoms with Gasteiger partial charge in [-0.2, -0.15) is 0 Å². The number of ketones is 1. The zero-order valence-electron chi connectivity index (χ0n) is 13.4. The van der Waals surface area contributed by atoms with E-state index in [1.54, 1.807) is 24.3 Å². The molecule has 0 radical (unpaired) electrons. The second-order valence-electron chi connectivity index (χ2n) is 5.09. The van der Waals surface area contributed by atoms with Gasteiger partial charge in [0.05, 0.1) is 6.54 Å². The average molecular weight is 306 g/mol. The Bertz CT molecular complexity index is 526. The van der Waals surface area contributed by atoms with Crippen molar-refractivity contribution >= 4 is 23.3 Å². The van der Waals surface area contributed by atoms with Crippen molar-refractivity contribution in [1.82, 2.24) is 5.32 Å². The molecule has 1 unspecified atom stereocenters. The van der Waals surface area contributed by atoms with E-state index in [1.165, 1.54) is 6.92 Å². The maximum absolute atomic E-state index is 12.0. The molecule has 0 bridgehead atoms. The minimum atomic E-state index is -0.156. The van der Waals surface area contributed by atoms with E-state index in [4.69, 9.17) is 0 Å². The molecule has 1 aromatic rings. The summed E-state index contributed by atoms with van der Waals surface area (Å²) >= 11 is 0. The van der Waals surface area contributed by atoms with Crippen molar-refractivity contribution in [3.8, 4) is 0 Å². The van der Waals surface area contributed by atoms with Gasteiger partial charge in [-0.25, -0.2) is 0 Å². The normalized spacial score (nSPS) is 11.6. The lowest BCUT2D eigenvalue weighted by Crippen LogP contribution is -3.14. The van der Waals surface area contributed by atoms with Crippen molar-refractivity contribution in [3.63, 3.8) is 0 Å². The molecule has 0 heterocycles. The van der Waals surface area contributed by atoms with E-state index in [1.807, 2.05) is 13.8 Å². The zero-order valence-corrected chi connectivity index (χ0v) is 13.4. The lowest BCUT2D eigenvalue weighted by molar-refractivity contribution is -0.881. The van der Waals surface area contributed by atoms with E-state index in [0.29, 0.717) is 24.3 Å². The molecule has 0 spiro atoms. The number of hydrogen-bond donors (Lipinski definition) is 3. The molecule has 0 aromatic heterocycles. The van der Waals surface area contributed by atoms with Crippen molar-refractivity contribution < 1.29 is 19.3 Å². The van der Waals surface area contributed by atoms with Crippen molar-refractivity contribution in [2.24, 2.45) is 0 Å². The molecule has 22 heavy (non-hydrogen) atoms. The van der Waals surface area contributed by atoms with Gasteiger partial charge in [0.25, 0.3) is 11.8 Å². The van der Waals surface area contributed by atoms with Crippen LogP contribution in [0.5, 0.6) is 0 Å². The summed E-state index contributed by atoms with van der Waals surface area (Å²) in [7, 11) is 0. The van der Waals surface area contributed by atoms with Crippen LogP contribution in [-0.4, -0.2) is 43.8 Å². The molecule has 120 valence electrons. The van der Waals surface area contributed by atoms with Gasteiger partial charge in [-0.15, -0.1) is 0 Å². The largest absolute Gasteiger partial charge is 0.351 e. The van der Waals surface area contributed by atoms with E-state index >= 15 is 0 Å². The molecule has 2 amide bonds. The number of anilines is 1. The first-order valence-electron chi connectivity index (χ1n) is 7.47. The van der Waals surface area contributed by atoms with Crippen LogP contribution in [0.1, 0.15) is 31.1 Å². The predicted octanol–water partition coefficient (Wildman–Crippen LogP) is -0.131. The number of nitrogens with one attached hydrogen (secondary N) is 3. The Morgan fingerprint density at radius 3 is 2.09 bits per heavy atom. The lowest BCUT2D eigenvalue weighted by Gasteiger charge is -2.16. The number of hydrogen-bond acceptors (Lipinski definition) is 3. The first-order valence-corrected chi connectivity index (χ1v) is 7.47. The fourth-order valence-corrected chi connectivity index (χ4v) is 2.02. The third kappa shape index (κ3) is 6.05. The highest BCUT2D eigenvalue weighted by atomic mass is 16.2. The third-order valence-corrected chi connectivity index (χ3v) is 3.27. The smallest absolute Gasteiger partial charge is 0.279 e. The molecule has 0 fully saturated rings. The van der Waals surface area contributed by atoms with Gasteiger partial charge >= 0.3 is 0 Å². The van der Waals surface area contributed by atoms with Crippen LogP contribution in [0.15, 0.2) is 24.3 Å². The summed E-state index contributed by atoms with van der Waals surface area (Å²) in [5, 5.41) is 5.50. The monoisotopic (exact) mass is 306 g/mol. The first-order chi connectivity index (χ1) is 10.5. The second kappa shape index (κ2) is 8.94. The molecule has 6 nitrogen and oxygen atoms in total. The molecular weight excluding hydrogens is 282 g/mol. The number of rotatable bonds is 8. The molecule has 1 aromatic carbocycles. The van der Waals surface area contributed by atoms with Crippen molar-refractivity contribution in [2.45, 2.75) is 20.8 Å². The Hall–Kier alpha value is -2.21. The molecule has 0 saturated carbocycles. The van der Waals surface area contributed by atoms with Crippen LogP contribution in [0.2, 0.25) is 0 Å². The summed E-state index contributed by atoms with van der Waals surface area (Å²) in [6, 6.07) is 6.75. The first kappa shape index (κ1) is 17.8. The predicted molar refractivity (Wildman–Crippen MR) is 85.0 cm³/mol. The highest BCUT2D eigenvalue weighted by Crippen LogP contribution is 2.09. The third-order valence-electron chi connectivity index (χ3n) is 3.27. The van der Waals surface area contributed by atoms with Gasteiger partial charge in [0.15, 0.2) is 18.9 Å². The Balaban J connectivity index is 2.53. The van der Waals surface area contributed by atoms with Crippen molar-refractivity contribution in [2.75, 3.05) is 31.5 Å². The fraction of sp³-hybridized carbons (Fsp3) is 0.438. The van der Waals surface area contributed by atoms with Crippen LogP contribution in [0.4, 0.5) is 5.69 Å². The Labute approximate surface area is 130 Å². The zero-order chi connectivity index (χ0) is 16.5. The minimum Gasteiger partial charge on any atom is -0.351 e. The van der Waals surface area contributed by atoms with E-state index in [0.717, 1.165) is 4.90 Å². The standard InChI is InChI=1S/C16H23N3O3/c1-4-17-15(21)10-19(5-2)11-16(22)18-14-8-6-13(7-9-14)12(3)20/h6-9H,4-5,10-11H2,1-3H3,(H,17,21)(H,18,22)/p+1. The highest BCUT2D eigenvalue weighted by molar-refractivity contribution is 5.95. The van der Waals surface area contributed by atoms with Crippen LogP contribution in [0.25, 0.3) is 0 Å². The van der Waals surface area contributed by atoms with Crippen LogP contribution in [0, 0.1) is 0 Å². The molecule has 0 saturated heterocycles. The van der Waals surface area contributed by atoms with E-state index in [9.17, 15) is 14.4 Å². The van der Waals surface area contributed by atoms with Crippen LogP contribution in [-0.2, 0) is 9.59 Å². The van der Waals surface area contributed by atoms with Crippen LogP contribution in [0.3, 0.4) is 0 Å². The highest BCUT2D eigenvalue weighted by Gasteiger charge is 2.16. The summed E-state index contributed by atoms with van der Waals surface area (Å²) in [5.41, 5.74) is 1.25. The lowest BCUT2D eigenvalue weighted by atomic mass is 10.1. The summed E-state index contributed by atoms with van der Waals surface area (Å²) in [6.07, 6.45) is 0. The van der Waals surface area contributed by atoms with Gasteiger partial charge < -0.3 is 15.5 Å². The Morgan fingerprint density at radius 1 is 1.00 bits per heavy atom. The van der Waals surface area contributed by atoms with E-state index < -0.39 is 0 Å². The topological polar surface area (TPSA) is 79.7 Å². The summed E-state index contributed by atoms with van der Waals surface area (Å²) < 4.78 is 0.